The number of rotatable bonds is 6. The van der Waals surface area contributed by atoms with E-state index in [-0.39, 0.29) is 11.8 Å². The number of methoxy groups -OCH3 is 1. The number of ether oxygens (including phenoxy) is 1. The first-order valence-electron chi connectivity index (χ1n) is 8.38. The van der Waals surface area contributed by atoms with Crippen LogP contribution < -0.4 is 10.1 Å². The summed E-state index contributed by atoms with van der Waals surface area (Å²) in [7, 11) is 1.70. The monoisotopic (exact) mass is 328 g/mol. The highest BCUT2D eigenvalue weighted by Crippen LogP contribution is 2.37. The summed E-state index contributed by atoms with van der Waals surface area (Å²) in [6, 6.07) is 6.21. The number of hydrogen-bond acceptors (Lipinski definition) is 4. The number of anilines is 1. The maximum absolute atomic E-state index is 12.0. The molecule has 128 valence electrons. The summed E-state index contributed by atoms with van der Waals surface area (Å²) in [5.41, 5.74) is 3.30. The Kier molecular flexibility index (Phi) is 4.85. The first-order valence-corrected chi connectivity index (χ1v) is 8.38. The second-order valence-corrected chi connectivity index (χ2v) is 6.04. The van der Waals surface area contributed by atoms with Crippen LogP contribution in [0, 0.1) is 0 Å². The minimum Gasteiger partial charge on any atom is -0.496 e. The van der Waals surface area contributed by atoms with Crippen molar-refractivity contribution in [2.45, 2.75) is 32.7 Å². The molecule has 0 saturated heterocycles. The number of aromatic nitrogens is 2. The molecule has 1 amide bonds. The third-order valence-electron chi connectivity index (χ3n) is 4.69. The normalized spacial score (nSPS) is 16.8. The lowest BCUT2D eigenvalue weighted by Crippen LogP contribution is -2.24. The molecule has 2 N–H and O–H groups in total. The van der Waals surface area contributed by atoms with Gasteiger partial charge >= 0.3 is 0 Å². The predicted octanol–water partition coefficient (Wildman–Crippen LogP) is 2.73. The second-order valence-electron chi connectivity index (χ2n) is 6.04. The van der Waals surface area contributed by atoms with E-state index in [4.69, 9.17) is 4.74 Å². The van der Waals surface area contributed by atoms with E-state index in [9.17, 15) is 4.79 Å². The van der Waals surface area contributed by atoms with Crippen LogP contribution in [0.2, 0.25) is 0 Å². The highest BCUT2D eigenvalue weighted by molar-refractivity contribution is 5.94. The number of nitrogens with zero attached hydrogens (tertiary/aromatic N) is 2. The van der Waals surface area contributed by atoms with Crippen LogP contribution in [0.4, 0.5) is 5.82 Å². The Hall–Kier alpha value is -2.34. The SMILES string of the molecule is CCN(CC)Cc1cc(C2CC(=O)Nc3[nH]ncc32)ccc1OC. The number of amides is 1. The molecular formula is C18H24N4O2. The zero-order chi connectivity index (χ0) is 17.1. The number of benzene rings is 1. The lowest BCUT2D eigenvalue weighted by atomic mass is 9.86. The van der Waals surface area contributed by atoms with Crippen molar-refractivity contribution < 1.29 is 9.53 Å². The van der Waals surface area contributed by atoms with Crippen LogP contribution in [-0.2, 0) is 11.3 Å². The molecule has 0 spiro atoms. The molecule has 1 atom stereocenters. The Balaban J connectivity index is 1.96. The Labute approximate surface area is 142 Å². The molecule has 6 heteroatoms. The van der Waals surface area contributed by atoms with Crippen LogP contribution in [0.15, 0.2) is 24.4 Å². The molecule has 1 aromatic heterocycles. The fourth-order valence-corrected chi connectivity index (χ4v) is 3.27. The molecule has 1 unspecified atom stereocenters. The minimum absolute atomic E-state index is 0.0119. The van der Waals surface area contributed by atoms with Crippen LogP contribution in [0.3, 0.4) is 0 Å². The average Bonchev–Trinajstić information content (AvgIpc) is 3.06. The third-order valence-corrected chi connectivity index (χ3v) is 4.69. The highest BCUT2D eigenvalue weighted by atomic mass is 16.5. The van der Waals surface area contributed by atoms with Gasteiger partial charge in [0.05, 0.1) is 13.3 Å². The van der Waals surface area contributed by atoms with Crippen LogP contribution in [0.25, 0.3) is 0 Å². The molecule has 24 heavy (non-hydrogen) atoms. The van der Waals surface area contributed by atoms with Gasteiger partial charge < -0.3 is 10.1 Å². The number of nitrogens with one attached hydrogen (secondary N) is 2. The molecule has 0 saturated carbocycles. The van der Waals surface area contributed by atoms with Crippen LogP contribution in [0.1, 0.15) is 42.9 Å². The topological polar surface area (TPSA) is 70.2 Å². The van der Waals surface area contributed by atoms with Gasteiger partial charge in [-0.15, -0.1) is 0 Å². The Bertz CT molecular complexity index is 722. The molecule has 0 fully saturated rings. The van der Waals surface area contributed by atoms with Crippen molar-refractivity contribution in [2.75, 3.05) is 25.5 Å². The highest BCUT2D eigenvalue weighted by Gasteiger charge is 2.28. The van der Waals surface area contributed by atoms with E-state index in [1.807, 2.05) is 12.1 Å². The molecule has 2 heterocycles. The molecule has 6 nitrogen and oxygen atoms in total. The number of carbonyl (C=O) groups is 1. The lowest BCUT2D eigenvalue weighted by molar-refractivity contribution is -0.116. The molecule has 0 radical (unpaired) electrons. The van der Waals surface area contributed by atoms with E-state index in [1.54, 1.807) is 13.3 Å². The smallest absolute Gasteiger partial charge is 0.226 e. The number of aromatic amines is 1. The lowest BCUT2D eigenvalue weighted by Gasteiger charge is -2.24. The summed E-state index contributed by atoms with van der Waals surface area (Å²) < 4.78 is 5.53. The van der Waals surface area contributed by atoms with Crippen LogP contribution in [0.5, 0.6) is 5.75 Å². The number of fused-ring (bicyclic) bond motifs is 1. The van der Waals surface area contributed by atoms with E-state index < -0.39 is 0 Å². The van der Waals surface area contributed by atoms with Gasteiger partial charge in [-0.05, 0) is 24.7 Å². The first-order chi connectivity index (χ1) is 11.7. The summed E-state index contributed by atoms with van der Waals surface area (Å²) in [5.74, 6) is 1.63. The van der Waals surface area contributed by atoms with Gasteiger partial charge in [-0.2, -0.15) is 5.10 Å². The largest absolute Gasteiger partial charge is 0.496 e. The molecule has 0 bridgehead atoms. The molecule has 3 rings (SSSR count). The van der Waals surface area contributed by atoms with Gasteiger partial charge in [0.2, 0.25) is 5.91 Å². The summed E-state index contributed by atoms with van der Waals surface area (Å²) in [4.78, 5) is 14.3. The molecule has 2 aromatic rings. The van der Waals surface area contributed by atoms with Gasteiger partial charge in [0, 0.05) is 30.0 Å². The zero-order valence-electron chi connectivity index (χ0n) is 14.4. The van der Waals surface area contributed by atoms with Crippen molar-refractivity contribution >= 4 is 11.7 Å². The Morgan fingerprint density at radius 3 is 2.83 bits per heavy atom. The average molecular weight is 328 g/mol. The van der Waals surface area contributed by atoms with Crippen molar-refractivity contribution in [3.05, 3.63) is 41.1 Å². The van der Waals surface area contributed by atoms with Crippen LogP contribution in [-0.4, -0.2) is 41.2 Å². The molecular weight excluding hydrogens is 304 g/mol. The van der Waals surface area contributed by atoms with E-state index in [0.717, 1.165) is 42.1 Å². The standard InChI is InChI=1S/C18H24N4O2/c1-4-22(5-2)11-13-8-12(6-7-16(13)24-3)14-9-17(23)20-18-15(14)10-19-21-18/h6-8,10,14H,4-5,9,11H2,1-3H3,(H2,19,20,21,23). The Morgan fingerprint density at radius 1 is 1.33 bits per heavy atom. The summed E-state index contributed by atoms with van der Waals surface area (Å²) in [6.45, 7) is 7.12. The van der Waals surface area contributed by atoms with Crippen LogP contribution >= 0.6 is 0 Å². The van der Waals surface area contributed by atoms with Gasteiger partial charge in [0.15, 0.2) is 0 Å². The summed E-state index contributed by atoms with van der Waals surface area (Å²) in [6.07, 6.45) is 2.23. The molecule has 1 aliphatic rings. The summed E-state index contributed by atoms with van der Waals surface area (Å²) >= 11 is 0. The fourth-order valence-electron chi connectivity index (χ4n) is 3.27. The minimum atomic E-state index is 0.0119. The Morgan fingerprint density at radius 2 is 2.12 bits per heavy atom. The van der Waals surface area contributed by atoms with Crippen molar-refractivity contribution in [2.24, 2.45) is 0 Å². The molecule has 1 aliphatic heterocycles. The maximum Gasteiger partial charge on any atom is 0.226 e. The van der Waals surface area contributed by atoms with Gasteiger partial charge in [-0.3, -0.25) is 14.8 Å². The molecule has 0 aliphatic carbocycles. The van der Waals surface area contributed by atoms with Gasteiger partial charge in [0.1, 0.15) is 11.6 Å². The quantitative estimate of drug-likeness (QED) is 0.855. The van der Waals surface area contributed by atoms with Crippen molar-refractivity contribution in [1.82, 2.24) is 15.1 Å². The van der Waals surface area contributed by atoms with Crippen molar-refractivity contribution in [3.8, 4) is 5.75 Å². The number of hydrogen-bond donors (Lipinski definition) is 2. The van der Waals surface area contributed by atoms with Crippen molar-refractivity contribution in [3.63, 3.8) is 0 Å². The first kappa shape index (κ1) is 16.5. The zero-order valence-corrected chi connectivity index (χ0v) is 14.4. The number of carbonyl (C=O) groups excluding carboxylic acids is 1. The maximum atomic E-state index is 12.0. The van der Waals surface area contributed by atoms with E-state index in [0.29, 0.717) is 12.2 Å². The molecule has 1 aromatic carbocycles. The van der Waals surface area contributed by atoms with E-state index >= 15 is 0 Å². The van der Waals surface area contributed by atoms with E-state index in [1.165, 1.54) is 0 Å². The second kappa shape index (κ2) is 7.05. The van der Waals surface area contributed by atoms with Gasteiger partial charge in [0.25, 0.3) is 0 Å². The predicted molar refractivity (Wildman–Crippen MR) is 93.3 cm³/mol. The van der Waals surface area contributed by atoms with Gasteiger partial charge in [-0.1, -0.05) is 26.0 Å². The van der Waals surface area contributed by atoms with Gasteiger partial charge in [-0.25, -0.2) is 0 Å². The summed E-state index contributed by atoms with van der Waals surface area (Å²) in [5, 5.41) is 9.77. The van der Waals surface area contributed by atoms with E-state index in [2.05, 4.69) is 40.3 Å². The number of H-pyrrole nitrogens is 1. The third kappa shape index (κ3) is 3.14. The fraction of sp³-hybridized carbons (Fsp3) is 0.444. The van der Waals surface area contributed by atoms with Crippen molar-refractivity contribution in [1.29, 1.82) is 0 Å².